The highest BCUT2D eigenvalue weighted by atomic mass is 28.5. The van der Waals surface area contributed by atoms with E-state index < -0.39 is 24.2 Å². The molecule has 0 amide bonds. The lowest BCUT2D eigenvalue weighted by Gasteiger charge is -2.47. The maximum absolute atomic E-state index is 5.45. The number of hydrogen-bond acceptors (Lipinski definition) is 1. The van der Waals surface area contributed by atoms with Crippen LogP contribution >= 0.6 is 0 Å². The van der Waals surface area contributed by atoms with Gasteiger partial charge in [0, 0.05) is 27.0 Å². The normalized spacial score (nSPS) is 13.6. The van der Waals surface area contributed by atoms with Gasteiger partial charge in [0.2, 0.25) is 0 Å². The molecule has 2 rings (SSSR count). The molecule has 30 heavy (non-hydrogen) atoms. The fraction of sp³-hybridized carbons (Fsp3) is 0.577. The maximum atomic E-state index is 5.45. The van der Waals surface area contributed by atoms with Crippen molar-refractivity contribution in [2.45, 2.75) is 96.7 Å². The van der Waals surface area contributed by atoms with E-state index in [9.17, 15) is 0 Å². The average molecular weight is 456 g/mol. The molecule has 2 aromatic rings. The van der Waals surface area contributed by atoms with Crippen molar-refractivity contribution in [3.05, 3.63) is 47.5 Å². The smallest absolute Gasteiger partial charge is 0.102 e. The second kappa shape index (κ2) is 8.87. The summed E-state index contributed by atoms with van der Waals surface area (Å²) >= 11 is 0. The van der Waals surface area contributed by atoms with Crippen molar-refractivity contribution in [3.63, 3.8) is 0 Å². The molecule has 166 valence electrons. The van der Waals surface area contributed by atoms with Crippen LogP contribution in [0, 0.1) is 0 Å². The van der Waals surface area contributed by atoms with Gasteiger partial charge in [-0.2, -0.15) is 0 Å². The van der Waals surface area contributed by atoms with Gasteiger partial charge >= 0.3 is 0 Å². The van der Waals surface area contributed by atoms with E-state index in [0.29, 0.717) is 11.8 Å². The third kappa shape index (κ3) is 5.25. The van der Waals surface area contributed by atoms with Crippen molar-refractivity contribution < 1.29 is 0 Å². The highest BCUT2D eigenvalue weighted by Crippen LogP contribution is 2.40. The molecule has 4 heteroatoms. The molecule has 0 saturated heterocycles. The van der Waals surface area contributed by atoms with Crippen LogP contribution in [0.25, 0.3) is 11.3 Å². The number of aromatic nitrogens is 1. The lowest BCUT2D eigenvalue weighted by Crippen LogP contribution is -2.62. The van der Waals surface area contributed by atoms with Gasteiger partial charge < -0.3 is 0 Å². The summed E-state index contributed by atoms with van der Waals surface area (Å²) in [6, 6.07) is 13.7. The zero-order valence-electron chi connectivity index (χ0n) is 21.6. The zero-order valence-corrected chi connectivity index (χ0v) is 24.6. The van der Waals surface area contributed by atoms with Crippen molar-refractivity contribution in [3.8, 4) is 11.3 Å². The number of hydrogen-bond donors (Lipinski definition) is 0. The van der Waals surface area contributed by atoms with Crippen LogP contribution in [0.15, 0.2) is 36.4 Å². The quantitative estimate of drug-likeness (QED) is 0.385. The van der Waals surface area contributed by atoms with Crippen molar-refractivity contribution in [2.24, 2.45) is 0 Å². The number of pyridine rings is 1. The van der Waals surface area contributed by atoms with Gasteiger partial charge in [0.05, 0.1) is 5.69 Å². The lowest BCUT2D eigenvalue weighted by atomic mass is 9.87. The largest absolute Gasteiger partial charge is 0.258 e. The predicted molar refractivity (Wildman–Crippen MR) is 145 cm³/mol. The van der Waals surface area contributed by atoms with Gasteiger partial charge in [0.25, 0.3) is 0 Å². The summed E-state index contributed by atoms with van der Waals surface area (Å²) in [6.45, 7) is 29.9. The first kappa shape index (κ1) is 25.3. The first-order chi connectivity index (χ1) is 13.6. The fourth-order valence-corrected chi connectivity index (χ4v) is 36.2. The molecular formula is C26H45NSi3. The summed E-state index contributed by atoms with van der Waals surface area (Å²) in [4.78, 5) is 6.35. The topological polar surface area (TPSA) is 12.9 Å². The second-order valence-corrected chi connectivity index (χ2v) is 29.3. The molecule has 0 aliphatic rings. The number of benzene rings is 1. The minimum absolute atomic E-state index is 0.492. The highest BCUT2D eigenvalue weighted by molar-refractivity contribution is 7.16. The molecule has 0 spiro atoms. The first-order valence-electron chi connectivity index (χ1n) is 11.7. The Morgan fingerprint density at radius 3 is 1.47 bits per heavy atom. The number of nitrogens with zero attached hydrogens (tertiary/aromatic N) is 1. The SMILES string of the molecule is CC(C)c1cccc(C(C)C)c1-c1cccc([Si](C)(C)C([Si](C)(C)C)[Si](C)(C)C)n1. The molecule has 0 unspecified atom stereocenters. The Morgan fingerprint density at radius 2 is 1.07 bits per heavy atom. The summed E-state index contributed by atoms with van der Waals surface area (Å²) in [5.41, 5.74) is 5.42. The summed E-state index contributed by atoms with van der Waals surface area (Å²) < 4.78 is 0. The minimum Gasteiger partial charge on any atom is -0.258 e. The number of rotatable bonds is 7. The van der Waals surface area contributed by atoms with Gasteiger partial charge in [-0.1, -0.05) is 104 Å². The maximum Gasteiger partial charge on any atom is 0.102 e. The van der Waals surface area contributed by atoms with Crippen molar-refractivity contribution in [1.29, 1.82) is 0 Å². The van der Waals surface area contributed by atoms with Gasteiger partial charge in [0.1, 0.15) is 8.07 Å². The Bertz CT molecular complexity index is 830. The van der Waals surface area contributed by atoms with Crippen molar-refractivity contribution in [2.75, 3.05) is 0 Å². The van der Waals surface area contributed by atoms with Gasteiger partial charge in [-0.15, -0.1) is 0 Å². The van der Waals surface area contributed by atoms with Gasteiger partial charge in [0.15, 0.2) is 0 Å². The third-order valence-corrected chi connectivity index (χ3v) is 27.7. The Kier molecular flexibility index (Phi) is 7.48. The van der Waals surface area contributed by atoms with Crippen LogP contribution in [-0.4, -0.2) is 29.2 Å². The minimum atomic E-state index is -1.72. The molecule has 0 bridgehead atoms. The lowest BCUT2D eigenvalue weighted by molar-refractivity contribution is 0.836. The summed E-state index contributed by atoms with van der Waals surface area (Å²) in [7, 11) is -4.34. The Morgan fingerprint density at radius 1 is 0.633 bits per heavy atom. The molecule has 1 aromatic carbocycles. The van der Waals surface area contributed by atoms with E-state index in [4.69, 9.17) is 4.98 Å². The molecule has 1 heterocycles. The molecule has 0 atom stereocenters. The summed E-state index contributed by atoms with van der Waals surface area (Å²) in [5, 5.41) is 1.41. The van der Waals surface area contributed by atoms with Gasteiger partial charge in [-0.25, -0.2) is 0 Å². The van der Waals surface area contributed by atoms with Crippen LogP contribution in [0.2, 0.25) is 57.2 Å². The Hall–Kier alpha value is -0.979. The van der Waals surface area contributed by atoms with Crippen molar-refractivity contribution >= 4 is 29.5 Å². The van der Waals surface area contributed by atoms with Crippen LogP contribution in [0.1, 0.15) is 50.7 Å². The van der Waals surface area contributed by atoms with Crippen molar-refractivity contribution in [1.82, 2.24) is 4.98 Å². The van der Waals surface area contributed by atoms with E-state index in [1.165, 1.54) is 27.7 Å². The Balaban J connectivity index is 2.73. The zero-order chi connectivity index (χ0) is 23.1. The van der Waals surface area contributed by atoms with Crippen LogP contribution in [0.4, 0.5) is 0 Å². The summed E-state index contributed by atoms with van der Waals surface area (Å²) in [6.07, 6.45) is 0. The standard InChI is InChI=1S/C26H45NSi3/c1-19(2)21-15-13-16-22(20(3)4)25(21)23-17-14-18-24(27-23)30(11,12)26(28(5,6)7)29(8,9)10/h13-20,26H,1-12H3. The monoisotopic (exact) mass is 455 g/mol. The average Bonchev–Trinajstić information content (AvgIpc) is 2.58. The molecule has 1 aromatic heterocycles. The van der Waals surface area contributed by atoms with E-state index >= 15 is 0 Å². The molecule has 0 aliphatic heterocycles. The fourth-order valence-electron chi connectivity index (χ4n) is 6.39. The van der Waals surface area contributed by atoms with E-state index in [1.807, 2.05) is 0 Å². The molecule has 0 aliphatic carbocycles. The molecule has 1 nitrogen and oxygen atoms in total. The van der Waals surface area contributed by atoms with Crippen LogP contribution < -0.4 is 5.32 Å². The van der Waals surface area contributed by atoms with Crippen LogP contribution in [0.3, 0.4) is 0 Å². The first-order valence-corrected chi connectivity index (χ1v) is 21.9. The van der Waals surface area contributed by atoms with Crippen LogP contribution in [0.5, 0.6) is 0 Å². The molecule has 0 N–H and O–H groups in total. The van der Waals surface area contributed by atoms with Crippen LogP contribution in [-0.2, 0) is 0 Å². The Labute approximate surface area is 189 Å². The van der Waals surface area contributed by atoms with E-state index in [1.54, 1.807) is 0 Å². The van der Waals surface area contributed by atoms with Gasteiger partial charge in [-0.3, -0.25) is 4.98 Å². The van der Waals surface area contributed by atoms with E-state index in [-0.39, 0.29) is 0 Å². The molecular weight excluding hydrogens is 411 g/mol. The molecule has 0 saturated carbocycles. The van der Waals surface area contributed by atoms with E-state index in [2.05, 4.69) is 116 Å². The second-order valence-electron chi connectivity index (χ2n) is 12.4. The predicted octanol–water partition coefficient (Wildman–Crippen LogP) is 8.04. The summed E-state index contributed by atoms with van der Waals surface area (Å²) in [5.74, 6) is 0.984. The third-order valence-electron chi connectivity index (χ3n) is 6.49. The van der Waals surface area contributed by atoms with Gasteiger partial charge in [-0.05, 0) is 39.9 Å². The van der Waals surface area contributed by atoms with E-state index in [0.717, 1.165) is 4.79 Å². The molecule has 0 fully saturated rings. The highest BCUT2D eigenvalue weighted by Gasteiger charge is 2.49. The molecule has 0 radical (unpaired) electrons.